The predicted octanol–water partition coefficient (Wildman–Crippen LogP) is 0.957. The van der Waals surface area contributed by atoms with E-state index in [4.69, 9.17) is 10.1 Å². The minimum absolute atomic E-state index is 0.278. The normalized spacial score (nSPS) is 16.0. The van der Waals surface area contributed by atoms with Crippen molar-refractivity contribution in [3.63, 3.8) is 0 Å². The third-order valence-corrected chi connectivity index (χ3v) is 3.28. The van der Waals surface area contributed by atoms with E-state index in [9.17, 15) is 4.79 Å². The highest BCUT2D eigenvalue weighted by molar-refractivity contribution is 5.68. The van der Waals surface area contributed by atoms with Gasteiger partial charge in [0, 0.05) is 45.6 Å². The summed E-state index contributed by atoms with van der Waals surface area (Å²) < 4.78 is 7.10. The zero-order valence-corrected chi connectivity index (χ0v) is 13.1. The Hall–Kier alpha value is -2.05. The Morgan fingerprint density at radius 2 is 1.90 bits per heavy atom. The van der Waals surface area contributed by atoms with Gasteiger partial charge in [0.1, 0.15) is 5.60 Å². The number of aryl methyl sites for hydroxylation is 1. The second kappa shape index (κ2) is 5.75. The zero-order chi connectivity index (χ0) is 15.6. The molecule has 0 unspecified atom stereocenters. The first-order valence-electron chi connectivity index (χ1n) is 7.07. The van der Waals surface area contributed by atoms with Gasteiger partial charge >= 0.3 is 6.09 Å². The molecule has 0 aliphatic carbocycles. The third kappa shape index (κ3) is 3.74. The van der Waals surface area contributed by atoms with Gasteiger partial charge < -0.3 is 19.1 Å². The van der Waals surface area contributed by atoms with Gasteiger partial charge in [-0.15, -0.1) is 0 Å². The lowest BCUT2D eigenvalue weighted by Crippen LogP contribution is -2.51. The van der Waals surface area contributed by atoms with Crippen LogP contribution in [0.5, 0.6) is 0 Å². The number of ether oxygens (including phenoxy) is 1. The van der Waals surface area contributed by atoms with Crippen LogP contribution in [0.15, 0.2) is 12.4 Å². The van der Waals surface area contributed by atoms with Gasteiger partial charge in [0.25, 0.3) is 0 Å². The first-order valence-corrected chi connectivity index (χ1v) is 7.07. The molecular formula is C14H23N5O2. The molecule has 1 aliphatic rings. The largest absolute Gasteiger partial charge is 0.444 e. The highest BCUT2D eigenvalue weighted by Gasteiger charge is 2.26. The number of anilines is 1. The van der Waals surface area contributed by atoms with E-state index in [2.05, 4.69) is 4.98 Å². The molecule has 1 fully saturated rings. The molecule has 0 radical (unpaired) electrons. The van der Waals surface area contributed by atoms with Crippen molar-refractivity contribution in [2.24, 2.45) is 7.05 Å². The van der Waals surface area contributed by atoms with E-state index < -0.39 is 5.60 Å². The molecule has 21 heavy (non-hydrogen) atoms. The first-order chi connectivity index (χ1) is 9.78. The molecule has 116 valence electrons. The first kappa shape index (κ1) is 15.3. The number of hydrogen-bond acceptors (Lipinski definition) is 5. The Labute approximate surface area is 124 Å². The Kier molecular flexibility index (Phi) is 4.20. The smallest absolute Gasteiger partial charge is 0.410 e. The monoisotopic (exact) mass is 293 g/mol. The lowest BCUT2D eigenvalue weighted by molar-refractivity contribution is 0.0240. The van der Waals surface area contributed by atoms with Crippen LogP contribution in [0.3, 0.4) is 0 Å². The van der Waals surface area contributed by atoms with E-state index in [-0.39, 0.29) is 6.09 Å². The molecule has 1 N–H and O–H groups in total. The lowest BCUT2D eigenvalue weighted by atomic mass is 10.2. The molecule has 1 aromatic rings. The van der Waals surface area contributed by atoms with E-state index in [1.807, 2.05) is 32.7 Å². The maximum Gasteiger partial charge on any atom is 0.410 e. The van der Waals surface area contributed by atoms with Gasteiger partial charge in [-0.25, -0.2) is 9.78 Å². The average molecular weight is 293 g/mol. The van der Waals surface area contributed by atoms with Crippen molar-refractivity contribution in [3.8, 4) is 0 Å². The van der Waals surface area contributed by atoms with Crippen molar-refractivity contribution >= 4 is 11.9 Å². The summed E-state index contributed by atoms with van der Waals surface area (Å²) in [6, 6.07) is 0. The quantitative estimate of drug-likeness (QED) is 0.837. The van der Waals surface area contributed by atoms with Crippen molar-refractivity contribution in [2.75, 3.05) is 31.1 Å². The molecule has 2 rings (SSSR count). The molecule has 0 spiro atoms. The van der Waals surface area contributed by atoms with Crippen molar-refractivity contribution in [1.82, 2.24) is 14.5 Å². The standard InChI is InChI=1S/C14H23N5O2/c1-14(2,3)21-13(20)19-9-7-18(8-10-19)12-11(15)17(4)6-5-16-12/h5-6,15H,7-10H2,1-4H3. The van der Waals surface area contributed by atoms with Gasteiger partial charge in [-0.1, -0.05) is 0 Å². The van der Waals surface area contributed by atoms with Crippen molar-refractivity contribution < 1.29 is 9.53 Å². The maximum atomic E-state index is 12.0. The summed E-state index contributed by atoms with van der Waals surface area (Å²) in [5.41, 5.74) is -0.0969. The fraction of sp³-hybridized carbons (Fsp3) is 0.643. The Morgan fingerprint density at radius 3 is 2.48 bits per heavy atom. The fourth-order valence-corrected chi connectivity index (χ4v) is 2.16. The fourth-order valence-electron chi connectivity index (χ4n) is 2.16. The Bertz CT molecular complexity index is 567. The zero-order valence-electron chi connectivity index (χ0n) is 13.1. The maximum absolute atomic E-state index is 12.0. The predicted molar refractivity (Wildman–Crippen MR) is 79.1 cm³/mol. The van der Waals surface area contributed by atoms with Crippen LogP contribution in [0, 0.1) is 5.41 Å². The van der Waals surface area contributed by atoms with Crippen LogP contribution in [-0.4, -0.2) is 52.3 Å². The summed E-state index contributed by atoms with van der Waals surface area (Å²) in [7, 11) is 1.82. The molecule has 1 saturated heterocycles. The molecule has 2 heterocycles. The number of aromatic nitrogens is 2. The van der Waals surface area contributed by atoms with Crippen LogP contribution < -0.4 is 10.4 Å². The van der Waals surface area contributed by atoms with Crippen LogP contribution >= 0.6 is 0 Å². The molecule has 1 aromatic heterocycles. The van der Waals surface area contributed by atoms with E-state index in [1.165, 1.54) is 0 Å². The molecule has 0 bridgehead atoms. The number of carbonyl (C=O) groups is 1. The van der Waals surface area contributed by atoms with Gasteiger partial charge in [0.15, 0.2) is 11.3 Å². The van der Waals surface area contributed by atoms with Crippen molar-refractivity contribution in [1.29, 1.82) is 5.41 Å². The summed E-state index contributed by atoms with van der Waals surface area (Å²) in [5.74, 6) is 0.656. The lowest BCUT2D eigenvalue weighted by Gasteiger charge is -2.36. The average Bonchev–Trinajstić information content (AvgIpc) is 2.40. The summed E-state index contributed by atoms with van der Waals surface area (Å²) in [4.78, 5) is 20.0. The number of amides is 1. The summed E-state index contributed by atoms with van der Waals surface area (Å²) in [6.07, 6.45) is 3.16. The highest BCUT2D eigenvalue weighted by atomic mass is 16.6. The molecule has 0 atom stereocenters. The molecule has 7 heteroatoms. The molecule has 0 saturated carbocycles. The van der Waals surface area contributed by atoms with Crippen LogP contribution in [0.1, 0.15) is 20.8 Å². The van der Waals surface area contributed by atoms with E-state index in [0.717, 1.165) is 0 Å². The molecule has 1 aliphatic heterocycles. The topological polar surface area (TPSA) is 74.5 Å². The Balaban J connectivity index is 1.99. The van der Waals surface area contributed by atoms with Crippen LogP contribution in [0.2, 0.25) is 0 Å². The highest BCUT2D eigenvalue weighted by Crippen LogP contribution is 2.13. The number of hydrogen-bond donors (Lipinski definition) is 1. The number of nitrogens with zero attached hydrogens (tertiary/aromatic N) is 4. The number of carbonyl (C=O) groups excluding carboxylic acids is 1. The van der Waals surface area contributed by atoms with Gasteiger partial charge in [-0.05, 0) is 20.8 Å². The minimum Gasteiger partial charge on any atom is -0.444 e. The third-order valence-electron chi connectivity index (χ3n) is 3.28. The molecule has 7 nitrogen and oxygen atoms in total. The SMILES string of the molecule is Cn1ccnc(N2CCN(C(=O)OC(C)(C)C)CC2)c1=N. The number of rotatable bonds is 1. The van der Waals surface area contributed by atoms with Crippen LogP contribution in [0.25, 0.3) is 0 Å². The van der Waals surface area contributed by atoms with Gasteiger partial charge in [0.2, 0.25) is 0 Å². The number of piperazine rings is 1. The second-order valence-corrected chi connectivity index (χ2v) is 6.16. The van der Waals surface area contributed by atoms with Gasteiger partial charge in [-0.2, -0.15) is 0 Å². The molecular weight excluding hydrogens is 270 g/mol. The van der Waals surface area contributed by atoms with Crippen LogP contribution in [-0.2, 0) is 11.8 Å². The van der Waals surface area contributed by atoms with Gasteiger partial charge in [-0.3, -0.25) is 5.41 Å². The summed E-state index contributed by atoms with van der Waals surface area (Å²) in [5, 5.41) is 8.04. The second-order valence-electron chi connectivity index (χ2n) is 6.16. The van der Waals surface area contributed by atoms with Gasteiger partial charge in [0.05, 0.1) is 0 Å². The number of nitrogens with one attached hydrogen (secondary N) is 1. The Morgan fingerprint density at radius 1 is 1.29 bits per heavy atom. The minimum atomic E-state index is -0.475. The van der Waals surface area contributed by atoms with E-state index >= 15 is 0 Å². The van der Waals surface area contributed by atoms with E-state index in [1.54, 1.807) is 21.9 Å². The van der Waals surface area contributed by atoms with Crippen molar-refractivity contribution in [3.05, 3.63) is 17.9 Å². The summed E-state index contributed by atoms with van der Waals surface area (Å²) in [6.45, 7) is 8.05. The summed E-state index contributed by atoms with van der Waals surface area (Å²) >= 11 is 0. The molecule has 0 aromatic carbocycles. The van der Waals surface area contributed by atoms with Crippen LogP contribution in [0.4, 0.5) is 10.6 Å². The van der Waals surface area contributed by atoms with E-state index in [0.29, 0.717) is 37.5 Å². The molecule has 1 amide bonds. The van der Waals surface area contributed by atoms with Crippen molar-refractivity contribution in [2.45, 2.75) is 26.4 Å².